The fraction of sp³-hybridized carbons (Fsp3) is 0.333. The Balaban J connectivity index is 2.84. The molecule has 0 aromatic heterocycles. The molecule has 0 aromatic carbocycles. The third-order valence-corrected chi connectivity index (χ3v) is 2.42. The monoisotopic (exact) mass is 196 g/mol. The first-order valence-electron chi connectivity index (χ1n) is 2.68. The Labute approximate surface area is 74.7 Å². The molecule has 0 heterocycles. The molecule has 1 nitrogen and oxygen atoms in total. The number of hydrogen-bond acceptors (Lipinski definition) is 2. The number of alkyl halides is 2. The molecule has 10 heavy (non-hydrogen) atoms. The van der Waals surface area contributed by atoms with E-state index in [2.05, 4.69) is 12.6 Å². The van der Waals surface area contributed by atoms with Gasteiger partial charge in [-0.15, -0.1) is 24.2 Å². The van der Waals surface area contributed by atoms with Crippen LogP contribution in [-0.2, 0) is 0 Å². The minimum absolute atomic E-state index is 0.605. The van der Waals surface area contributed by atoms with Crippen LogP contribution in [0.3, 0.4) is 0 Å². The summed E-state index contributed by atoms with van der Waals surface area (Å²) in [5.41, 5.74) is 0. The van der Waals surface area contributed by atoms with Crippen molar-refractivity contribution >= 4 is 35.8 Å². The molecular formula is C6H6Cl2OS. The molecule has 0 aliphatic heterocycles. The van der Waals surface area contributed by atoms with Crippen LogP contribution in [0, 0.1) is 0 Å². The topological polar surface area (TPSA) is 20.2 Å². The average molecular weight is 197 g/mol. The minimum Gasteiger partial charge on any atom is -0.370 e. The fourth-order valence-electron chi connectivity index (χ4n) is 0.617. The first-order valence-corrected chi connectivity index (χ1v) is 3.94. The molecule has 2 unspecified atom stereocenters. The highest BCUT2D eigenvalue weighted by atomic mass is 35.5. The van der Waals surface area contributed by atoms with E-state index in [1.54, 1.807) is 12.2 Å². The van der Waals surface area contributed by atoms with E-state index < -0.39 is 10.4 Å². The lowest BCUT2D eigenvalue weighted by Gasteiger charge is -2.22. The summed E-state index contributed by atoms with van der Waals surface area (Å²) >= 11 is 15.2. The number of allylic oxidation sites excluding steroid dienone is 1. The van der Waals surface area contributed by atoms with Gasteiger partial charge in [-0.3, -0.25) is 0 Å². The maximum atomic E-state index is 9.23. The lowest BCUT2D eigenvalue weighted by molar-refractivity contribution is 0.185. The van der Waals surface area contributed by atoms with Crippen molar-refractivity contribution in [1.29, 1.82) is 0 Å². The van der Waals surface area contributed by atoms with Gasteiger partial charge in [0.25, 0.3) is 0 Å². The number of thiol groups is 1. The molecule has 56 valence electrons. The molecule has 0 spiro atoms. The molecule has 4 heteroatoms. The van der Waals surface area contributed by atoms with Crippen molar-refractivity contribution in [2.45, 2.75) is 10.4 Å². The summed E-state index contributed by atoms with van der Waals surface area (Å²) in [5.74, 6) is 0. The summed E-state index contributed by atoms with van der Waals surface area (Å²) < 4.78 is 0. The molecule has 0 aromatic rings. The standard InChI is InChI=1S/C6H6Cl2OS/c7-5-3-4(10)1-2-6(5,8)9/h1-3,5,9-10H. The predicted octanol–water partition coefficient (Wildman–Crippen LogP) is 1.90. The van der Waals surface area contributed by atoms with Crippen molar-refractivity contribution in [3.05, 3.63) is 23.1 Å². The molecule has 1 aliphatic rings. The quantitative estimate of drug-likeness (QED) is 0.449. The average Bonchev–Trinajstić information content (AvgIpc) is 1.81. The first-order chi connectivity index (χ1) is 4.52. The van der Waals surface area contributed by atoms with Crippen LogP contribution in [0.2, 0.25) is 0 Å². The van der Waals surface area contributed by atoms with Gasteiger partial charge in [0.05, 0.1) is 5.38 Å². The van der Waals surface area contributed by atoms with Gasteiger partial charge < -0.3 is 5.11 Å². The van der Waals surface area contributed by atoms with Crippen molar-refractivity contribution in [3.8, 4) is 0 Å². The zero-order valence-corrected chi connectivity index (χ0v) is 7.37. The zero-order valence-electron chi connectivity index (χ0n) is 4.96. The van der Waals surface area contributed by atoms with Crippen molar-refractivity contribution in [2.24, 2.45) is 0 Å². The number of hydrogen-bond donors (Lipinski definition) is 2. The van der Waals surface area contributed by atoms with Crippen molar-refractivity contribution in [3.63, 3.8) is 0 Å². The number of aliphatic hydroxyl groups is 1. The summed E-state index contributed by atoms with van der Waals surface area (Å²) in [6.45, 7) is 0. The highest BCUT2D eigenvalue weighted by Gasteiger charge is 2.30. The van der Waals surface area contributed by atoms with Gasteiger partial charge in [0, 0.05) is 4.91 Å². The lowest BCUT2D eigenvalue weighted by atomic mass is 10.1. The predicted molar refractivity (Wildman–Crippen MR) is 46.7 cm³/mol. The third kappa shape index (κ3) is 1.70. The SMILES string of the molecule is OC1(Cl)C=CC(S)=CC1Cl. The molecule has 1 rings (SSSR count). The number of rotatable bonds is 0. The summed E-state index contributed by atoms with van der Waals surface area (Å²) in [5, 5.41) is 7.17. The molecule has 0 bridgehead atoms. The van der Waals surface area contributed by atoms with Crippen LogP contribution in [0.25, 0.3) is 0 Å². The molecule has 0 amide bonds. The Morgan fingerprint density at radius 3 is 2.70 bits per heavy atom. The zero-order chi connectivity index (χ0) is 7.78. The Bertz CT molecular complexity index is 198. The highest BCUT2D eigenvalue weighted by Crippen LogP contribution is 2.30. The van der Waals surface area contributed by atoms with E-state index in [4.69, 9.17) is 23.2 Å². The summed E-state index contributed by atoms with van der Waals surface area (Å²) in [6, 6.07) is 0. The van der Waals surface area contributed by atoms with Gasteiger partial charge >= 0.3 is 0 Å². The first kappa shape index (κ1) is 8.47. The Morgan fingerprint density at radius 2 is 2.30 bits per heavy atom. The lowest BCUT2D eigenvalue weighted by Crippen LogP contribution is -2.30. The van der Waals surface area contributed by atoms with Crippen LogP contribution in [0.15, 0.2) is 23.1 Å². The highest BCUT2D eigenvalue weighted by molar-refractivity contribution is 7.84. The second-order valence-electron chi connectivity index (χ2n) is 2.05. The van der Waals surface area contributed by atoms with Crippen LogP contribution < -0.4 is 0 Å². The van der Waals surface area contributed by atoms with Crippen LogP contribution in [0.1, 0.15) is 0 Å². The third-order valence-electron chi connectivity index (χ3n) is 1.19. The Hall–Kier alpha value is 0.370. The van der Waals surface area contributed by atoms with E-state index in [-0.39, 0.29) is 0 Å². The molecule has 0 fully saturated rings. The summed E-state index contributed by atoms with van der Waals surface area (Å²) in [6.07, 6.45) is 4.60. The number of halogens is 2. The van der Waals surface area contributed by atoms with Gasteiger partial charge in [0.15, 0.2) is 5.06 Å². The van der Waals surface area contributed by atoms with Crippen molar-refractivity contribution < 1.29 is 5.11 Å². The normalized spacial score (nSPS) is 39.6. The van der Waals surface area contributed by atoms with Crippen molar-refractivity contribution in [1.82, 2.24) is 0 Å². The smallest absolute Gasteiger partial charge is 0.177 e. The second kappa shape index (κ2) is 2.78. The van der Waals surface area contributed by atoms with Gasteiger partial charge in [-0.05, 0) is 18.2 Å². The molecule has 0 saturated carbocycles. The molecule has 1 aliphatic carbocycles. The maximum absolute atomic E-state index is 9.23. The van der Waals surface area contributed by atoms with Gasteiger partial charge in [-0.25, -0.2) is 0 Å². The van der Waals surface area contributed by atoms with Gasteiger partial charge in [0.1, 0.15) is 0 Å². The van der Waals surface area contributed by atoms with Gasteiger partial charge in [-0.1, -0.05) is 11.6 Å². The Kier molecular flexibility index (Phi) is 2.35. The van der Waals surface area contributed by atoms with Crippen molar-refractivity contribution in [2.75, 3.05) is 0 Å². The molecule has 2 atom stereocenters. The summed E-state index contributed by atoms with van der Waals surface area (Å²) in [4.78, 5) is 0.713. The van der Waals surface area contributed by atoms with Crippen LogP contribution >= 0.6 is 35.8 Å². The van der Waals surface area contributed by atoms with Gasteiger partial charge in [0.2, 0.25) is 0 Å². The summed E-state index contributed by atoms with van der Waals surface area (Å²) in [7, 11) is 0. The maximum Gasteiger partial charge on any atom is 0.177 e. The molecule has 1 N–H and O–H groups in total. The van der Waals surface area contributed by atoms with E-state index in [0.29, 0.717) is 4.91 Å². The minimum atomic E-state index is -1.45. The largest absolute Gasteiger partial charge is 0.370 e. The fourth-order valence-corrected chi connectivity index (χ4v) is 1.26. The van der Waals surface area contributed by atoms with E-state index in [9.17, 15) is 5.11 Å². The van der Waals surface area contributed by atoms with Gasteiger partial charge in [-0.2, -0.15) is 0 Å². The van der Waals surface area contributed by atoms with E-state index in [1.807, 2.05) is 0 Å². The Morgan fingerprint density at radius 1 is 1.70 bits per heavy atom. The van der Waals surface area contributed by atoms with Crippen LogP contribution in [-0.4, -0.2) is 15.5 Å². The van der Waals surface area contributed by atoms with E-state index in [1.165, 1.54) is 6.08 Å². The molecule has 0 radical (unpaired) electrons. The molecular weight excluding hydrogens is 191 g/mol. The van der Waals surface area contributed by atoms with E-state index in [0.717, 1.165) is 0 Å². The molecule has 0 saturated heterocycles. The van der Waals surface area contributed by atoms with Crippen LogP contribution in [0.5, 0.6) is 0 Å². The second-order valence-corrected chi connectivity index (χ2v) is 3.65. The van der Waals surface area contributed by atoms with E-state index >= 15 is 0 Å². The van der Waals surface area contributed by atoms with Crippen LogP contribution in [0.4, 0.5) is 0 Å².